The third-order valence-corrected chi connectivity index (χ3v) is 2.68. The van der Waals surface area contributed by atoms with Crippen LogP contribution in [0.25, 0.3) is 0 Å². The molecule has 4 heteroatoms. The predicted octanol–water partition coefficient (Wildman–Crippen LogP) is 1.32. The van der Waals surface area contributed by atoms with Crippen LogP contribution in [0.5, 0.6) is 5.75 Å². The third-order valence-electron chi connectivity index (χ3n) is 2.46. The molecule has 1 aliphatic rings. The molecule has 0 spiro atoms. The van der Waals surface area contributed by atoms with Crippen molar-refractivity contribution in [3.63, 3.8) is 0 Å². The number of nitrogens with one attached hydrogen (secondary N) is 1. The van der Waals surface area contributed by atoms with E-state index in [1.807, 2.05) is 12.1 Å². The molecule has 0 unspecified atom stereocenters. The molecule has 3 nitrogen and oxygen atoms in total. The minimum Gasteiger partial charge on any atom is -0.493 e. The summed E-state index contributed by atoms with van der Waals surface area (Å²) >= 11 is 6.03. The summed E-state index contributed by atoms with van der Waals surface area (Å²) in [5.41, 5.74) is 7.76. The summed E-state index contributed by atoms with van der Waals surface area (Å²) in [4.78, 5) is 0. The Balaban J connectivity index is 2.15. The van der Waals surface area contributed by atoms with E-state index in [1.54, 1.807) is 0 Å². The number of hydrogen-bond acceptors (Lipinski definition) is 3. The average molecular weight is 227 g/mol. The first kappa shape index (κ1) is 10.7. The van der Waals surface area contributed by atoms with Crippen LogP contribution in [0.4, 0.5) is 0 Å². The Kier molecular flexibility index (Phi) is 3.46. The standard InChI is InChI=1S/C11H15ClN2O/c12-10-5-8-1-4-15-11(8)9(6-10)7-14-3-2-13/h5-6,14H,1-4,7,13H2. The number of benzene rings is 1. The van der Waals surface area contributed by atoms with Crippen LogP contribution < -0.4 is 15.8 Å². The summed E-state index contributed by atoms with van der Waals surface area (Å²) in [5, 5.41) is 4.03. The summed E-state index contributed by atoms with van der Waals surface area (Å²) in [7, 11) is 0. The van der Waals surface area contributed by atoms with Gasteiger partial charge >= 0.3 is 0 Å². The number of ether oxygens (including phenoxy) is 1. The van der Waals surface area contributed by atoms with Gasteiger partial charge in [-0.05, 0) is 17.7 Å². The van der Waals surface area contributed by atoms with Gasteiger partial charge < -0.3 is 15.8 Å². The van der Waals surface area contributed by atoms with Crippen molar-refractivity contribution in [1.29, 1.82) is 0 Å². The lowest BCUT2D eigenvalue weighted by Crippen LogP contribution is -2.22. The van der Waals surface area contributed by atoms with E-state index in [-0.39, 0.29) is 0 Å². The summed E-state index contributed by atoms with van der Waals surface area (Å²) < 4.78 is 5.59. The summed E-state index contributed by atoms with van der Waals surface area (Å²) in [6.07, 6.45) is 0.958. The molecule has 0 saturated carbocycles. The highest BCUT2D eigenvalue weighted by Gasteiger charge is 2.16. The van der Waals surface area contributed by atoms with Crippen molar-refractivity contribution in [2.24, 2.45) is 5.73 Å². The monoisotopic (exact) mass is 226 g/mol. The molecule has 1 heterocycles. The normalized spacial score (nSPS) is 13.7. The minimum absolute atomic E-state index is 0.642. The van der Waals surface area contributed by atoms with E-state index in [1.165, 1.54) is 5.56 Å². The molecule has 15 heavy (non-hydrogen) atoms. The highest BCUT2D eigenvalue weighted by Crippen LogP contribution is 2.32. The van der Waals surface area contributed by atoms with E-state index in [2.05, 4.69) is 5.32 Å². The molecule has 1 aliphatic heterocycles. The molecular formula is C11H15ClN2O. The Morgan fingerprint density at radius 2 is 2.33 bits per heavy atom. The quantitative estimate of drug-likeness (QED) is 0.762. The van der Waals surface area contributed by atoms with Crippen molar-refractivity contribution in [2.75, 3.05) is 19.7 Å². The molecule has 2 rings (SSSR count). The largest absolute Gasteiger partial charge is 0.493 e. The summed E-state index contributed by atoms with van der Waals surface area (Å²) in [5.74, 6) is 1.00. The fourth-order valence-corrected chi connectivity index (χ4v) is 2.07. The van der Waals surface area contributed by atoms with E-state index in [4.69, 9.17) is 22.1 Å². The Bertz CT molecular complexity index is 355. The fourth-order valence-electron chi connectivity index (χ4n) is 1.80. The first-order valence-electron chi connectivity index (χ1n) is 5.16. The van der Waals surface area contributed by atoms with Crippen LogP contribution in [0.1, 0.15) is 11.1 Å². The van der Waals surface area contributed by atoms with Crippen LogP contribution in [0.3, 0.4) is 0 Å². The lowest BCUT2D eigenvalue weighted by molar-refractivity contribution is 0.352. The number of hydrogen-bond donors (Lipinski definition) is 2. The number of fused-ring (bicyclic) bond motifs is 1. The molecule has 3 N–H and O–H groups in total. The van der Waals surface area contributed by atoms with Gasteiger partial charge in [-0.3, -0.25) is 0 Å². The molecule has 0 bridgehead atoms. The molecule has 82 valence electrons. The van der Waals surface area contributed by atoms with Gasteiger partial charge in [0.25, 0.3) is 0 Å². The minimum atomic E-state index is 0.642. The first-order chi connectivity index (χ1) is 7.31. The molecule has 0 fully saturated rings. The number of rotatable bonds is 4. The number of halogens is 1. The first-order valence-corrected chi connectivity index (χ1v) is 5.54. The van der Waals surface area contributed by atoms with E-state index in [9.17, 15) is 0 Å². The van der Waals surface area contributed by atoms with Crippen LogP contribution in [0.2, 0.25) is 5.02 Å². The smallest absolute Gasteiger partial charge is 0.127 e. The SMILES string of the molecule is NCCNCc1cc(Cl)cc2c1OCC2. The Hall–Kier alpha value is -0.770. The van der Waals surface area contributed by atoms with Gasteiger partial charge in [0, 0.05) is 36.6 Å². The average Bonchev–Trinajstić information content (AvgIpc) is 2.65. The molecule has 1 aromatic rings. The Morgan fingerprint density at radius 3 is 3.13 bits per heavy atom. The zero-order valence-electron chi connectivity index (χ0n) is 8.55. The van der Waals surface area contributed by atoms with Crippen LogP contribution in [-0.4, -0.2) is 19.7 Å². The molecule has 0 radical (unpaired) electrons. The van der Waals surface area contributed by atoms with Crippen LogP contribution in [0.15, 0.2) is 12.1 Å². The predicted molar refractivity (Wildman–Crippen MR) is 61.4 cm³/mol. The maximum atomic E-state index is 6.03. The lowest BCUT2D eigenvalue weighted by atomic mass is 10.1. The molecule has 0 atom stereocenters. The van der Waals surface area contributed by atoms with Crippen molar-refractivity contribution in [1.82, 2.24) is 5.32 Å². The van der Waals surface area contributed by atoms with Crippen molar-refractivity contribution in [3.05, 3.63) is 28.3 Å². The zero-order chi connectivity index (χ0) is 10.7. The maximum Gasteiger partial charge on any atom is 0.127 e. The second-order valence-electron chi connectivity index (χ2n) is 3.62. The van der Waals surface area contributed by atoms with E-state index >= 15 is 0 Å². The molecule has 1 aromatic carbocycles. The van der Waals surface area contributed by atoms with Crippen molar-refractivity contribution < 1.29 is 4.74 Å². The Labute approximate surface area is 94.6 Å². The number of nitrogens with two attached hydrogens (primary N) is 1. The lowest BCUT2D eigenvalue weighted by Gasteiger charge is -2.09. The van der Waals surface area contributed by atoms with Crippen molar-refractivity contribution in [3.8, 4) is 5.75 Å². The van der Waals surface area contributed by atoms with E-state index in [0.717, 1.165) is 42.5 Å². The van der Waals surface area contributed by atoms with Gasteiger partial charge in [-0.25, -0.2) is 0 Å². The molecule has 0 aromatic heterocycles. The topological polar surface area (TPSA) is 47.3 Å². The molecule has 0 aliphatic carbocycles. The van der Waals surface area contributed by atoms with Gasteiger partial charge in [0.1, 0.15) is 5.75 Å². The summed E-state index contributed by atoms with van der Waals surface area (Å²) in [6.45, 7) is 2.98. The van der Waals surface area contributed by atoms with Crippen molar-refractivity contribution >= 4 is 11.6 Å². The van der Waals surface area contributed by atoms with Gasteiger partial charge in [0.2, 0.25) is 0 Å². The van der Waals surface area contributed by atoms with Gasteiger partial charge in [0.15, 0.2) is 0 Å². The molecular weight excluding hydrogens is 212 g/mol. The van der Waals surface area contributed by atoms with Gasteiger partial charge in [0.05, 0.1) is 6.61 Å². The highest BCUT2D eigenvalue weighted by atomic mass is 35.5. The van der Waals surface area contributed by atoms with Crippen LogP contribution >= 0.6 is 11.6 Å². The molecule has 0 saturated heterocycles. The van der Waals surface area contributed by atoms with Crippen LogP contribution in [-0.2, 0) is 13.0 Å². The van der Waals surface area contributed by atoms with Gasteiger partial charge in [-0.1, -0.05) is 11.6 Å². The second-order valence-corrected chi connectivity index (χ2v) is 4.05. The fraction of sp³-hybridized carbons (Fsp3) is 0.455. The second kappa shape index (κ2) is 4.84. The maximum absolute atomic E-state index is 6.03. The Morgan fingerprint density at radius 1 is 1.47 bits per heavy atom. The van der Waals surface area contributed by atoms with E-state index < -0.39 is 0 Å². The zero-order valence-corrected chi connectivity index (χ0v) is 9.31. The molecule has 0 amide bonds. The van der Waals surface area contributed by atoms with Gasteiger partial charge in [-0.15, -0.1) is 0 Å². The summed E-state index contributed by atoms with van der Waals surface area (Å²) in [6, 6.07) is 3.94. The van der Waals surface area contributed by atoms with Crippen molar-refractivity contribution in [2.45, 2.75) is 13.0 Å². The van der Waals surface area contributed by atoms with Gasteiger partial charge in [-0.2, -0.15) is 0 Å². The third kappa shape index (κ3) is 2.43. The van der Waals surface area contributed by atoms with Crippen LogP contribution in [0, 0.1) is 0 Å². The van der Waals surface area contributed by atoms with E-state index in [0.29, 0.717) is 6.54 Å². The highest BCUT2D eigenvalue weighted by molar-refractivity contribution is 6.30.